The summed E-state index contributed by atoms with van der Waals surface area (Å²) in [6.45, 7) is 1.48. The van der Waals surface area contributed by atoms with Crippen molar-refractivity contribution in [3.05, 3.63) is 53.6 Å². The average molecular weight is 283 g/mol. The van der Waals surface area contributed by atoms with Gasteiger partial charge in [-0.15, -0.1) is 11.8 Å². The molecule has 20 heavy (non-hydrogen) atoms. The maximum Gasteiger partial charge on any atom is 0.163 e. The van der Waals surface area contributed by atoms with E-state index in [0.717, 1.165) is 4.90 Å². The van der Waals surface area contributed by atoms with E-state index >= 15 is 0 Å². The molecule has 2 rings (SSSR count). The Morgan fingerprint density at radius 1 is 1.20 bits per heavy atom. The molecule has 0 atom stereocenters. The van der Waals surface area contributed by atoms with Gasteiger partial charge in [-0.1, -0.05) is 0 Å². The summed E-state index contributed by atoms with van der Waals surface area (Å²) in [4.78, 5) is 12.7. The number of carbonyl (C=O) groups is 1. The highest BCUT2D eigenvalue weighted by Crippen LogP contribution is 2.28. The summed E-state index contributed by atoms with van der Waals surface area (Å²) in [5.41, 5.74) is 0.934. The quantitative estimate of drug-likeness (QED) is 0.621. The highest BCUT2D eigenvalue weighted by atomic mass is 32.2. The first-order valence-electron chi connectivity index (χ1n) is 6.01. The lowest BCUT2D eigenvalue weighted by molar-refractivity contribution is 0.101. The lowest BCUT2D eigenvalue weighted by Crippen LogP contribution is -1.97. The molecule has 0 saturated carbocycles. The van der Waals surface area contributed by atoms with Gasteiger partial charge in [0.2, 0.25) is 0 Å². The Hall–Kier alpha value is -2.25. The van der Waals surface area contributed by atoms with Crippen molar-refractivity contribution in [3.8, 4) is 17.6 Å². The van der Waals surface area contributed by atoms with Gasteiger partial charge in [0.05, 0.1) is 17.2 Å². The van der Waals surface area contributed by atoms with E-state index in [0.29, 0.717) is 22.6 Å². The Labute approximate surface area is 122 Å². The lowest BCUT2D eigenvalue weighted by atomic mass is 10.1. The summed E-state index contributed by atoms with van der Waals surface area (Å²) in [5, 5.41) is 8.93. The highest BCUT2D eigenvalue weighted by Gasteiger charge is 2.10. The minimum atomic E-state index is -0.0924. The van der Waals surface area contributed by atoms with Crippen LogP contribution in [0.15, 0.2) is 47.4 Å². The second kappa shape index (κ2) is 6.27. The van der Waals surface area contributed by atoms with Gasteiger partial charge in [-0.25, -0.2) is 0 Å². The van der Waals surface area contributed by atoms with Crippen molar-refractivity contribution in [2.45, 2.75) is 11.8 Å². The second-order valence-corrected chi connectivity index (χ2v) is 5.04. The first-order valence-corrected chi connectivity index (χ1v) is 7.23. The number of benzene rings is 2. The predicted molar refractivity (Wildman–Crippen MR) is 79.5 cm³/mol. The number of ketones is 1. The molecule has 0 amide bonds. The van der Waals surface area contributed by atoms with Crippen LogP contribution in [0.5, 0.6) is 11.5 Å². The molecule has 4 heteroatoms. The third-order valence-electron chi connectivity index (χ3n) is 2.78. The molecule has 0 spiro atoms. The van der Waals surface area contributed by atoms with Crippen LogP contribution in [-0.2, 0) is 0 Å². The molecular weight excluding hydrogens is 270 g/mol. The summed E-state index contributed by atoms with van der Waals surface area (Å²) < 4.78 is 5.73. The van der Waals surface area contributed by atoms with Gasteiger partial charge in [0.25, 0.3) is 0 Å². The first kappa shape index (κ1) is 14.2. The number of nitrogens with zero attached hydrogens (tertiary/aromatic N) is 1. The van der Waals surface area contributed by atoms with Crippen molar-refractivity contribution in [2.75, 3.05) is 6.26 Å². The van der Waals surface area contributed by atoms with Gasteiger partial charge in [-0.3, -0.25) is 4.79 Å². The molecule has 0 aliphatic rings. The zero-order valence-electron chi connectivity index (χ0n) is 11.2. The van der Waals surface area contributed by atoms with Gasteiger partial charge in [0, 0.05) is 4.90 Å². The molecule has 0 fully saturated rings. The van der Waals surface area contributed by atoms with Crippen LogP contribution in [0.4, 0.5) is 0 Å². The van der Waals surface area contributed by atoms with E-state index in [1.807, 2.05) is 36.6 Å². The van der Waals surface area contributed by atoms with Crippen molar-refractivity contribution in [3.63, 3.8) is 0 Å². The number of rotatable bonds is 4. The van der Waals surface area contributed by atoms with Crippen LogP contribution in [0.1, 0.15) is 22.8 Å². The Bertz CT molecular complexity index is 672. The molecule has 100 valence electrons. The molecule has 0 heterocycles. The van der Waals surface area contributed by atoms with E-state index in [1.165, 1.54) is 6.92 Å². The summed E-state index contributed by atoms with van der Waals surface area (Å²) in [5.74, 6) is 0.957. The molecule has 0 N–H and O–H groups in total. The van der Waals surface area contributed by atoms with Crippen LogP contribution >= 0.6 is 11.8 Å². The van der Waals surface area contributed by atoms with Gasteiger partial charge in [0.15, 0.2) is 5.78 Å². The molecule has 0 bridgehead atoms. The number of Topliss-reactive ketones (excluding diaryl/α,β-unsaturated/α-hetero) is 1. The summed E-state index contributed by atoms with van der Waals surface area (Å²) in [7, 11) is 0. The zero-order valence-corrected chi connectivity index (χ0v) is 12.0. The smallest absolute Gasteiger partial charge is 0.163 e. The fourth-order valence-corrected chi connectivity index (χ4v) is 2.15. The predicted octanol–water partition coefficient (Wildman–Crippen LogP) is 4.28. The average Bonchev–Trinajstić information content (AvgIpc) is 2.47. The minimum Gasteiger partial charge on any atom is -0.457 e. The molecule has 0 aromatic heterocycles. The van der Waals surface area contributed by atoms with Gasteiger partial charge in [-0.05, 0) is 55.6 Å². The van der Waals surface area contributed by atoms with Crippen molar-refractivity contribution >= 4 is 17.5 Å². The fraction of sp³-hybridized carbons (Fsp3) is 0.125. The number of hydrogen-bond acceptors (Lipinski definition) is 4. The maximum atomic E-state index is 11.6. The summed E-state index contributed by atoms with van der Waals surface area (Å²) in [6.07, 6.45) is 2.00. The van der Waals surface area contributed by atoms with Gasteiger partial charge in [-0.2, -0.15) is 5.26 Å². The second-order valence-electron chi connectivity index (χ2n) is 4.16. The number of nitriles is 1. The van der Waals surface area contributed by atoms with E-state index in [9.17, 15) is 4.79 Å². The van der Waals surface area contributed by atoms with Gasteiger partial charge in [0.1, 0.15) is 11.5 Å². The van der Waals surface area contributed by atoms with E-state index in [1.54, 1.807) is 30.0 Å². The van der Waals surface area contributed by atoms with Crippen LogP contribution in [0.25, 0.3) is 0 Å². The Balaban J connectivity index is 2.35. The molecule has 0 radical (unpaired) electrons. The monoisotopic (exact) mass is 283 g/mol. The van der Waals surface area contributed by atoms with Crippen molar-refractivity contribution in [2.24, 2.45) is 0 Å². The van der Waals surface area contributed by atoms with Crippen LogP contribution in [0.2, 0.25) is 0 Å². The standard InChI is InChI=1S/C16H13NO2S/c1-11(18)15-8-3-12(10-17)9-16(15)19-13-4-6-14(20-2)7-5-13/h3-9H,1-2H3. The molecule has 0 saturated heterocycles. The minimum absolute atomic E-state index is 0.0924. The maximum absolute atomic E-state index is 11.6. The Morgan fingerprint density at radius 3 is 2.45 bits per heavy atom. The molecule has 0 unspecified atom stereocenters. The van der Waals surface area contributed by atoms with E-state index in [-0.39, 0.29) is 5.78 Å². The zero-order chi connectivity index (χ0) is 14.5. The molecular formula is C16H13NO2S. The normalized spacial score (nSPS) is 9.85. The van der Waals surface area contributed by atoms with Gasteiger partial charge >= 0.3 is 0 Å². The van der Waals surface area contributed by atoms with Crippen LogP contribution in [0, 0.1) is 11.3 Å². The van der Waals surface area contributed by atoms with Crippen LogP contribution in [0.3, 0.4) is 0 Å². The number of hydrogen-bond donors (Lipinski definition) is 0. The molecule has 0 aliphatic heterocycles. The van der Waals surface area contributed by atoms with E-state index in [4.69, 9.17) is 10.00 Å². The number of ether oxygens (including phenoxy) is 1. The Morgan fingerprint density at radius 2 is 1.90 bits per heavy atom. The van der Waals surface area contributed by atoms with Crippen molar-refractivity contribution in [1.29, 1.82) is 5.26 Å². The third-order valence-corrected chi connectivity index (χ3v) is 3.52. The van der Waals surface area contributed by atoms with Crippen LogP contribution < -0.4 is 4.74 Å². The summed E-state index contributed by atoms with van der Waals surface area (Å²) in [6, 6.07) is 14.4. The SMILES string of the molecule is CSc1ccc(Oc2cc(C#N)ccc2C(C)=O)cc1. The van der Waals surface area contributed by atoms with E-state index < -0.39 is 0 Å². The first-order chi connectivity index (χ1) is 9.63. The van der Waals surface area contributed by atoms with Crippen LogP contribution in [-0.4, -0.2) is 12.0 Å². The van der Waals surface area contributed by atoms with E-state index in [2.05, 4.69) is 0 Å². The number of carbonyl (C=O) groups excluding carboxylic acids is 1. The highest BCUT2D eigenvalue weighted by molar-refractivity contribution is 7.98. The van der Waals surface area contributed by atoms with Crippen molar-refractivity contribution < 1.29 is 9.53 Å². The molecule has 2 aromatic carbocycles. The molecule has 2 aromatic rings. The number of thioether (sulfide) groups is 1. The third kappa shape index (κ3) is 3.19. The van der Waals surface area contributed by atoms with Crippen molar-refractivity contribution in [1.82, 2.24) is 0 Å². The topological polar surface area (TPSA) is 50.1 Å². The van der Waals surface area contributed by atoms with Gasteiger partial charge < -0.3 is 4.74 Å². The molecule has 0 aliphatic carbocycles. The summed E-state index contributed by atoms with van der Waals surface area (Å²) >= 11 is 1.65. The largest absolute Gasteiger partial charge is 0.457 e. The molecule has 3 nitrogen and oxygen atoms in total. The fourth-order valence-electron chi connectivity index (χ4n) is 1.74. The lowest BCUT2D eigenvalue weighted by Gasteiger charge is -2.10. The Kier molecular flexibility index (Phi) is 4.44.